The highest BCUT2D eigenvalue weighted by molar-refractivity contribution is 6.09. The first-order valence-electron chi connectivity index (χ1n) is 13.7. The Morgan fingerprint density at radius 1 is 0.881 bits per heavy atom. The molecule has 0 unspecified atom stereocenters. The maximum Gasteiger partial charge on any atom is 0.315 e. The fourth-order valence-electron chi connectivity index (χ4n) is 5.32. The molecule has 0 saturated carbocycles. The number of likely N-dealkylation sites (N-methyl/N-ethyl adjacent to an activating group) is 1. The van der Waals surface area contributed by atoms with Gasteiger partial charge in [-0.3, -0.25) is 9.59 Å². The van der Waals surface area contributed by atoms with Gasteiger partial charge in [0.05, 0.1) is 37.7 Å². The second kappa shape index (κ2) is 11.9. The van der Waals surface area contributed by atoms with Gasteiger partial charge >= 0.3 is 5.97 Å². The van der Waals surface area contributed by atoms with Gasteiger partial charge in [0.2, 0.25) is 0 Å². The molecular weight excluding hydrogens is 530 g/mol. The largest absolute Gasteiger partial charge is 0.496 e. The summed E-state index contributed by atoms with van der Waals surface area (Å²) in [6.45, 7) is 4.14. The molecule has 4 aromatic carbocycles. The van der Waals surface area contributed by atoms with Crippen molar-refractivity contribution in [3.8, 4) is 28.4 Å². The molecule has 1 aliphatic rings. The third-order valence-electron chi connectivity index (χ3n) is 7.35. The molecule has 5 rings (SSSR count). The number of ether oxygens (including phenoxy) is 3. The predicted molar refractivity (Wildman–Crippen MR) is 166 cm³/mol. The van der Waals surface area contributed by atoms with Crippen molar-refractivity contribution in [2.24, 2.45) is 0 Å². The van der Waals surface area contributed by atoms with E-state index in [9.17, 15) is 9.59 Å². The van der Waals surface area contributed by atoms with Crippen LogP contribution in [-0.2, 0) is 22.6 Å². The van der Waals surface area contributed by atoms with E-state index in [1.165, 1.54) is 0 Å². The van der Waals surface area contributed by atoms with Crippen LogP contribution < -0.4 is 29.7 Å². The van der Waals surface area contributed by atoms with Crippen LogP contribution in [0.15, 0.2) is 84.9 Å². The Hall–Kier alpha value is -4.98. The Morgan fingerprint density at radius 3 is 2.31 bits per heavy atom. The summed E-state index contributed by atoms with van der Waals surface area (Å²) in [6.07, 6.45) is 0.165. The van der Waals surface area contributed by atoms with Crippen LogP contribution in [0.3, 0.4) is 0 Å². The molecule has 216 valence electrons. The van der Waals surface area contributed by atoms with Gasteiger partial charge in [0, 0.05) is 30.8 Å². The summed E-state index contributed by atoms with van der Waals surface area (Å²) in [5, 5.41) is 6.90. The van der Waals surface area contributed by atoms with E-state index in [4.69, 9.17) is 14.2 Å². The van der Waals surface area contributed by atoms with Crippen LogP contribution in [0.1, 0.15) is 25.0 Å². The normalized spacial score (nSPS) is 13.5. The monoisotopic (exact) mass is 565 g/mol. The zero-order valence-corrected chi connectivity index (χ0v) is 24.5. The number of nitrogens with zero attached hydrogens (tertiary/aromatic N) is 1. The van der Waals surface area contributed by atoms with Crippen LogP contribution in [0.25, 0.3) is 11.1 Å². The summed E-state index contributed by atoms with van der Waals surface area (Å²) >= 11 is 0. The first kappa shape index (κ1) is 28.5. The molecule has 0 atom stereocenters. The van der Waals surface area contributed by atoms with E-state index >= 15 is 0 Å². The molecule has 2 N–H and O–H groups in total. The van der Waals surface area contributed by atoms with E-state index in [-0.39, 0.29) is 18.3 Å². The zero-order valence-electron chi connectivity index (χ0n) is 24.5. The molecule has 0 bridgehead atoms. The number of anilines is 3. The topological polar surface area (TPSA) is 89.1 Å². The minimum absolute atomic E-state index is 0.0432. The van der Waals surface area contributed by atoms with Gasteiger partial charge in [-0.05, 0) is 55.3 Å². The second-order valence-corrected chi connectivity index (χ2v) is 10.7. The zero-order chi connectivity index (χ0) is 29.9. The lowest BCUT2D eigenvalue weighted by Gasteiger charge is -2.40. The summed E-state index contributed by atoms with van der Waals surface area (Å²) in [5.41, 5.74) is 5.15. The van der Waals surface area contributed by atoms with Gasteiger partial charge in [-0.25, -0.2) is 0 Å². The fraction of sp³-hybridized carbons (Fsp3) is 0.235. The van der Waals surface area contributed by atoms with Crippen molar-refractivity contribution in [1.82, 2.24) is 0 Å². The molecule has 0 spiro atoms. The number of rotatable bonds is 9. The number of hydrogen-bond acceptors (Lipinski definition) is 7. The van der Waals surface area contributed by atoms with Gasteiger partial charge in [0.15, 0.2) is 0 Å². The summed E-state index contributed by atoms with van der Waals surface area (Å²) < 4.78 is 17.0. The van der Waals surface area contributed by atoms with Crippen LogP contribution in [-0.4, -0.2) is 38.7 Å². The lowest BCUT2D eigenvalue weighted by Crippen LogP contribution is -2.52. The SMILES string of the molecule is COc1ccccc1NCc1c(-c2ccc(OC(=O)Cc3ccccc3)cc2OC)ccc2c1N(C)C(=O)C(C)(C)N2. The predicted octanol–water partition coefficient (Wildman–Crippen LogP) is 6.30. The number of fused-ring (bicyclic) bond motifs is 1. The number of benzene rings is 4. The van der Waals surface area contributed by atoms with E-state index in [0.29, 0.717) is 23.8 Å². The van der Waals surface area contributed by atoms with Crippen molar-refractivity contribution < 1.29 is 23.8 Å². The van der Waals surface area contributed by atoms with Crippen molar-refractivity contribution in [1.29, 1.82) is 0 Å². The molecule has 0 aliphatic carbocycles. The standard InChI is InChI=1S/C34H35N3O5/c1-34(2)33(39)37(3)32-26(21-35-27-13-9-10-14-29(27)40-4)24(17-18-28(32)36-34)25-16-15-23(20-30(25)41-5)42-31(38)19-22-11-7-6-8-12-22/h6-18,20,35-36H,19,21H2,1-5H3. The van der Waals surface area contributed by atoms with Crippen LogP contribution in [0.4, 0.5) is 17.1 Å². The second-order valence-electron chi connectivity index (χ2n) is 10.7. The Kier molecular flexibility index (Phi) is 8.06. The number of esters is 1. The van der Waals surface area contributed by atoms with E-state index in [0.717, 1.165) is 39.3 Å². The van der Waals surface area contributed by atoms with Crippen molar-refractivity contribution >= 4 is 28.9 Å². The van der Waals surface area contributed by atoms with Crippen LogP contribution in [0.2, 0.25) is 0 Å². The maximum absolute atomic E-state index is 13.3. The Morgan fingerprint density at radius 2 is 1.57 bits per heavy atom. The van der Waals surface area contributed by atoms with Crippen LogP contribution >= 0.6 is 0 Å². The number of para-hydroxylation sites is 2. The van der Waals surface area contributed by atoms with Crippen molar-refractivity contribution in [2.45, 2.75) is 32.4 Å². The number of nitrogens with one attached hydrogen (secondary N) is 2. The molecule has 0 aromatic heterocycles. The number of carbonyl (C=O) groups excluding carboxylic acids is 2. The highest BCUT2D eigenvalue weighted by atomic mass is 16.5. The van der Waals surface area contributed by atoms with Crippen LogP contribution in [0, 0.1) is 0 Å². The van der Waals surface area contributed by atoms with E-state index in [1.54, 1.807) is 38.3 Å². The van der Waals surface area contributed by atoms with Crippen LogP contribution in [0.5, 0.6) is 17.2 Å². The average molecular weight is 566 g/mol. The van der Waals surface area contributed by atoms with Gasteiger partial charge in [-0.1, -0.05) is 48.5 Å². The minimum atomic E-state index is -0.750. The minimum Gasteiger partial charge on any atom is -0.496 e. The number of amides is 1. The molecule has 0 fully saturated rings. The Bertz CT molecular complexity index is 1620. The van der Waals surface area contributed by atoms with Gasteiger partial charge < -0.3 is 29.7 Å². The van der Waals surface area contributed by atoms with Gasteiger partial charge in [0.1, 0.15) is 22.8 Å². The molecule has 1 heterocycles. The highest BCUT2D eigenvalue weighted by Gasteiger charge is 2.38. The van der Waals surface area contributed by atoms with E-state index in [1.807, 2.05) is 86.6 Å². The maximum atomic E-state index is 13.3. The third-order valence-corrected chi connectivity index (χ3v) is 7.35. The van der Waals surface area contributed by atoms with Crippen molar-refractivity contribution in [3.05, 3.63) is 96.1 Å². The van der Waals surface area contributed by atoms with Gasteiger partial charge in [-0.15, -0.1) is 0 Å². The van der Waals surface area contributed by atoms with Gasteiger partial charge in [-0.2, -0.15) is 0 Å². The highest BCUT2D eigenvalue weighted by Crippen LogP contribution is 2.45. The summed E-state index contributed by atoms with van der Waals surface area (Å²) in [6, 6.07) is 26.5. The molecule has 0 radical (unpaired) electrons. The van der Waals surface area contributed by atoms with E-state index < -0.39 is 5.54 Å². The molecule has 4 aromatic rings. The molecule has 8 heteroatoms. The van der Waals surface area contributed by atoms with Crippen molar-refractivity contribution in [3.63, 3.8) is 0 Å². The third kappa shape index (κ3) is 5.74. The molecule has 0 saturated heterocycles. The Balaban J connectivity index is 1.53. The van der Waals surface area contributed by atoms with Crippen molar-refractivity contribution in [2.75, 3.05) is 36.8 Å². The molecular formula is C34H35N3O5. The average Bonchev–Trinajstić information content (AvgIpc) is 2.99. The smallest absolute Gasteiger partial charge is 0.315 e. The molecule has 42 heavy (non-hydrogen) atoms. The molecule has 8 nitrogen and oxygen atoms in total. The number of carbonyl (C=O) groups is 2. The lowest BCUT2D eigenvalue weighted by molar-refractivity contribution is -0.133. The van der Waals surface area contributed by atoms with Gasteiger partial charge in [0.25, 0.3) is 5.91 Å². The first-order valence-corrected chi connectivity index (χ1v) is 13.7. The number of methoxy groups -OCH3 is 2. The summed E-state index contributed by atoms with van der Waals surface area (Å²) in [5.74, 6) is 1.24. The first-order chi connectivity index (χ1) is 20.2. The summed E-state index contributed by atoms with van der Waals surface area (Å²) in [4.78, 5) is 27.7. The molecule has 1 amide bonds. The van der Waals surface area contributed by atoms with E-state index in [2.05, 4.69) is 10.6 Å². The fourth-order valence-corrected chi connectivity index (χ4v) is 5.32. The Labute approximate surface area is 246 Å². The molecule has 1 aliphatic heterocycles. The lowest BCUT2D eigenvalue weighted by atomic mass is 9.91. The number of hydrogen-bond donors (Lipinski definition) is 2. The summed E-state index contributed by atoms with van der Waals surface area (Å²) in [7, 11) is 5.01. The quantitative estimate of drug-likeness (QED) is 0.182.